The molecule has 0 radical (unpaired) electrons. The van der Waals surface area contributed by atoms with E-state index in [0.29, 0.717) is 31.8 Å². The van der Waals surface area contributed by atoms with E-state index in [4.69, 9.17) is 0 Å². The van der Waals surface area contributed by atoms with Gasteiger partial charge in [0.05, 0.1) is 4.92 Å². The van der Waals surface area contributed by atoms with Gasteiger partial charge in [0, 0.05) is 44.3 Å². The van der Waals surface area contributed by atoms with E-state index >= 15 is 0 Å². The molecule has 146 valence electrons. The Balaban J connectivity index is 1.74. The van der Waals surface area contributed by atoms with Crippen molar-refractivity contribution in [2.24, 2.45) is 13.0 Å². The lowest BCUT2D eigenvalue weighted by molar-refractivity contribution is -0.388. The smallest absolute Gasteiger partial charge is 0.385 e. The Labute approximate surface area is 153 Å². The minimum absolute atomic E-state index is 0.0533. The zero-order chi connectivity index (χ0) is 19.8. The van der Waals surface area contributed by atoms with E-state index in [1.807, 2.05) is 0 Å². The third kappa shape index (κ3) is 3.90. The number of aryl methyl sites for hydroxylation is 1. The number of aliphatic hydroxyl groups is 1. The van der Waals surface area contributed by atoms with E-state index < -0.39 is 28.5 Å². The number of halogens is 3. The van der Waals surface area contributed by atoms with Crippen molar-refractivity contribution in [3.05, 3.63) is 52.1 Å². The molecule has 0 amide bonds. The highest BCUT2D eigenvalue weighted by Crippen LogP contribution is 2.39. The number of hydrogen-bond acceptors (Lipinski definition) is 5. The number of benzene rings is 1. The number of anilines is 1. The van der Waals surface area contributed by atoms with E-state index in [1.54, 1.807) is 28.9 Å². The first-order valence-electron chi connectivity index (χ1n) is 8.44. The first-order chi connectivity index (χ1) is 12.7. The molecule has 1 aliphatic rings. The fourth-order valence-corrected chi connectivity index (χ4v) is 3.45. The van der Waals surface area contributed by atoms with Crippen LogP contribution in [0.3, 0.4) is 0 Å². The average molecular weight is 384 g/mol. The Morgan fingerprint density at radius 2 is 2.00 bits per heavy atom. The number of hydrogen-bond donors (Lipinski definition) is 1. The summed E-state index contributed by atoms with van der Waals surface area (Å²) in [5.74, 6) is 0.505. The average Bonchev–Trinajstić information content (AvgIpc) is 3.06. The molecule has 1 atom stereocenters. The first kappa shape index (κ1) is 19.2. The van der Waals surface area contributed by atoms with Crippen molar-refractivity contribution in [1.29, 1.82) is 0 Å². The Hall–Kier alpha value is -2.62. The minimum Gasteiger partial charge on any atom is -0.385 e. The van der Waals surface area contributed by atoms with Crippen LogP contribution in [-0.2, 0) is 13.2 Å². The number of nitro groups is 1. The molecule has 10 heteroatoms. The molecule has 1 saturated heterocycles. The van der Waals surface area contributed by atoms with Gasteiger partial charge in [-0.05, 0) is 30.9 Å². The van der Waals surface area contributed by atoms with Crippen LogP contribution < -0.4 is 4.90 Å². The summed E-state index contributed by atoms with van der Waals surface area (Å²) in [6, 6.07) is 3.06. The van der Waals surface area contributed by atoms with Crippen LogP contribution >= 0.6 is 0 Å². The summed E-state index contributed by atoms with van der Waals surface area (Å²) in [5, 5.41) is 21.4. The molecule has 2 aromatic rings. The molecule has 7 nitrogen and oxygen atoms in total. The summed E-state index contributed by atoms with van der Waals surface area (Å²) in [5.41, 5.74) is -1.91. The molecule has 2 heterocycles. The van der Waals surface area contributed by atoms with E-state index in [0.717, 1.165) is 12.1 Å². The molecule has 1 aromatic heterocycles. The fraction of sp³-hybridized carbons (Fsp3) is 0.471. The zero-order valence-corrected chi connectivity index (χ0v) is 14.6. The number of imidazole rings is 1. The summed E-state index contributed by atoms with van der Waals surface area (Å²) in [4.78, 5) is 15.7. The lowest BCUT2D eigenvalue weighted by atomic mass is 9.90. The number of piperidine rings is 1. The van der Waals surface area contributed by atoms with Crippen molar-refractivity contribution in [1.82, 2.24) is 9.55 Å². The van der Waals surface area contributed by atoms with Gasteiger partial charge in [0.1, 0.15) is 17.5 Å². The number of rotatable bonds is 4. The predicted molar refractivity (Wildman–Crippen MR) is 91.2 cm³/mol. The van der Waals surface area contributed by atoms with Crippen LogP contribution in [0.25, 0.3) is 0 Å². The molecule has 0 aliphatic carbocycles. The van der Waals surface area contributed by atoms with Gasteiger partial charge in [-0.1, -0.05) is 0 Å². The van der Waals surface area contributed by atoms with Crippen molar-refractivity contribution in [2.45, 2.75) is 25.1 Å². The second-order valence-corrected chi connectivity index (χ2v) is 6.62. The summed E-state index contributed by atoms with van der Waals surface area (Å²) in [6.07, 6.45) is -1.05. The number of alkyl halides is 3. The van der Waals surface area contributed by atoms with Gasteiger partial charge in [0.15, 0.2) is 0 Å². The molecule has 0 bridgehead atoms. The van der Waals surface area contributed by atoms with Crippen LogP contribution in [0.4, 0.5) is 24.5 Å². The van der Waals surface area contributed by atoms with Crippen molar-refractivity contribution in [3.8, 4) is 0 Å². The Morgan fingerprint density at radius 3 is 2.52 bits per heavy atom. The number of nitrogens with zero attached hydrogens (tertiary/aromatic N) is 4. The maximum atomic E-state index is 13.2. The fourth-order valence-electron chi connectivity index (χ4n) is 3.45. The maximum Gasteiger partial charge on any atom is 0.423 e. The van der Waals surface area contributed by atoms with Gasteiger partial charge in [-0.25, -0.2) is 4.98 Å². The lowest BCUT2D eigenvalue weighted by Gasteiger charge is -2.35. The Morgan fingerprint density at radius 1 is 1.33 bits per heavy atom. The van der Waals surface area contributed by atoms with E-state index in [1.165, 1.54) is 6.07 Å². The second-order valence-electron chi connectivity index (χ2n) is 6.62. The molecular weight excluding hydrogens is 365 g/mol. The molecular formula is C17H19F3N4O3. The van der Waals surface area contributed by atoms with Crippen molar-refractivity contribution >= 4 is 11.4 Å². The van der Waals surface area contributed by atoms with Crippen LogP contribution in [0.2, 0.25) is 0 Å². The van der Waals surface area contributed by atoms with Gasteiger partial charge >= 0.3 is 6.18 Å². The topological polar surface area (TPSA) is 84.4 Å². The van der Waals surface area contributed by atoms with Gasteiger partial charge in [0.2, 0.25) is 0 Å². The molecule has 0 saturated carbocycles. The molecule has 1 aromatic carbocycles. The molecule has 1 fully saturated rings. The molecule has 0 spiro atoms. The van der Waals surface area contributed by atoms with Crippen molar-refractivity contribution < 1.29 is 23.2 Å². The second kappa shape index (κ2) is 7.18. The standard InChI is InChI=1S/C17H19F3N4O3/c1-22-9-6-21-16(22)15(25)11-4-7-23(8-5-11)12-2-3-14(24(26)27)13(10-12)17(18,19)20/h2-3,6,9-11,15,25H,4-5,7-8H2,1H3. The van der Waals surface area contributed by atoms with Crippen LogP contribution in [-0.4, -0.2) is 32.7 Å². The summed E-state index contributed by atoms with van der Waals surface area (Å²) in [6.45, 7) is 0.891. The lowest BCUT2D eigenvalue weighted by Crippen LogP contribution is -2.36. The van der Waals surface area contributed by atoms with Gasteiger partial charge < -0.3 is 14.6 Å². The van der Waals surface area contributed by atoms with Gasteiger partial charge in [-0.3, -0.25) is 10.1 Å². The highest BCUT2D eigenvalue weighted by Gasteiger charge is 2.39. The summed E-state index contributed by atoms with van der Waals surface area (Å²) in [7, 11) is 1.79. The molecule has 27 heavy (non-hydrogen) atoms. The van der Waals surface area contributed by atoms with Gasteiger partial charge in [-0.15, -0.1) is 0 Å². The van der Waals surface area contributed by atoms with Gasteiger partial charge in [-0.2, -0.15) is 13.2 Å². The third-order valence-corrected chi connectivity index (χ3v) is 4.96. The highest BCUT2D eigenvalue weighted by molar-refractivity contribution is 5.57. The van der Waals surface area contributed by atoms with E-state index in [9.17, 15) is 28.4 Å². The number of aromatic nitrogens is 2. The molecule has 1 unspecified atom stereocenters. The van der Waals surface area contributed by atoms with Crippen LogP contribution in [0.15, 0.2) is 30.6 Å². The summed E-state index contributed by atoms with van der Waals surface area (Å²) < 4.78 is 41.2. The zero-order valence-electron chi connectivity index (χ0n) is 14.6. The van der Waals surface area contributed by atoms with Gasteiger partial charge in [0.25, 0.3) is 5.69 Å². The molecule has 3 rings (SSSR count). The first-order valence-corrected chi connectivity index (χ1v) is 8.44. The largest absolute Gasteiger partial charge is 0.423 e. The Bertz CT molecular complexity index is 829. The number of aliphatic hydroxyl groups excluding tert-OH is 1. The van der Waals surface area contributed by atoms with Crippen molar-refractivity contribution in [2.75, 3.05) is 18.0 Å². The van der Waals surface area contributed by atoms with E-state index in [2.05, 4.69) is 4.98 Å². The quantitative estimate of drug-likeness (QED) is 0.646. The maximum absolute atomic E-state index is 13.2. The highest BCUT2D eigenvalue weighted by atomic mass is 19.4. The van der Waals surface area contributed by atoms with Crippen LogP contribution in [0.5, 0.6) is 0 Å². The third-order valence-electron chi connectivity index (χ3n) is 4.96. The normalized spacial score (nSPS) is 17.1. The van der Waals surface area contributed by atoms with Crippen LogP contribution in [0.1, 0.15) is 30.3 Å². The van der Waals surface area contributed by atoms with Crippen molar-refractivity contribution in [3.63, 3.8) is 0 Å². The molecule has 1 N–H and O–H groups in total. The monoisotopic (exact) mass is 384 g/mol. The molecule has 1 aliphatic heterocycles. The Kier molecular flexibility index (Phi) is 5.09. The summed E-state index contributed by atoms with van der Waals surface area (Å²) >= 11 is 0. The van der Waals surface area contributed by atoms with E-state index in [-0.39, 0.29) is 11.6 Å². The number of nitro benzene ring substituents is 1. The SMILES string of the molecule is Cn1ccnc1C(O)C1CCN(c2ccc([N+](=O)[O-])c(C(F)(F)F)c2)CC1. The minimum atomic E-state index is -4.80. The predicted octanol–water partition coefficient (Wildman–Crippen LogP) is 3.30. The van der Waals surface area contributed by atoms with Crippen LogP contribution in [0, 0.1) is 16.0 Å².